The van der Waals surface area contributed by atoms with Crippen LogP contribution in [0.15, 0.2) is 65.8 Å². The molecule has 0 bridgehead atoms. The lowest BCUT2D eigenvalue weighted by atomic mass is 10.1. The number of rotatable bonds is 5. The second-order valence-electron chi connectivity index (χ2n) is 6.70. The topological polar surface area (TPSA) is 50.5 Å². The average Bonchev–Trinajstić information content (AvgIpc) is 3.12. The van der Waals surface area contributed by atoms with Gasteiger partial charge in [-0.1, -0.05) is 48.2 Å². The summed E-state index contributed by atoms with van der Waals surface area (Å²) in [5.41, 5.74) is 3.93. The van der Waals surface area contributed by atoms with Crippen molar-refractivity contribution in [2.75, 3.05) is 11.4 Å². The lowest BCUT2D eigenvalue weighted by Crippen LogP contribution is -2.36. The van der Waals surface area contributed by atoms with Gasteiger partial charge in [0.2, 0.25) is 5.91 Å². The van der Waals surface area contributed by atoms with Crippen LogP contribution in [0.25, 0.3) is 16.6 Å². The summed E-state index contributed by atoms with van der Waals surface area (Å²) < 4.78 is 2.04. The van der Waals surface area contributed by atoms with Gasteiger partial charge in [-0.05, 0) is 50.6 Å². The van der Waals surface area contributed by atoms with Gasteiger partial charge in [-0.2, -0.15) is 0 Å². The number of aryl methyl sites for hydroxylation is 1. The zero-order chi connectivity index (χ0) is 19.7. The fraction of sp³-hybridized carbons (Fsp3) is 0.227. The highest BCUT2D eigenvalue weighted by Gasteiger charge is 2.24. The highest BCUT2D eigenvalue weighted by Crippen LogP contribution is 2.29. The van der Waals surface area contributed by atoms with E-state index < -0.39 is 0 Å². The smallest absolute Gasteiger partial charge is 0.240 e. The van der Waals surface area contributed by atoms with E-state index in [4.69, 9.17) is 0 Å². The van der Waals surface area contributed by atoms with Crippen molar-refractivity contribution < 1.29 is 4.79 Å². The van der Waals surface area contributed by atoms with Gasteiger partial charge in [0.1, 0.15) is 0 Å². The Balaban J connectivity index is 1.68. The van der Waals surface area contributed by atoms with Crippen LogP contribution in [-0.2, 0) is 4.79 Å². The first-order valence-electron chi connectivity index (χ1n) is 9.36. The summed E-state index contributed by atoms with van der Waals surface area (Å²) in [6.45, 7) is 6.62. The molecule has 1 unspecified atom stereocenters. The number of benzene rings is 2. The first kappa shape index (κ1) is 18.5. The normalized spacial score (nSPS) is 12.4. The quantitative estimate of drug-likeness (QED) is 0.463. The lowest BCUT2D eigenvalue weighted by molar-refractivity contribution is -0.117. The van der Waals surface area contributed by atoms with Gasteiger partial charge >= 0.3 is 0 Å². The molecule has 0 fully saturated rings. The van der Waals surface area contributed by atoms with Crippen molar-refractivity contribution in [2.45, 2.75) is 31.2 Å². The number of amides is 1. The maximum atomic E-state index is 13.1. The predicted molar refractivity (Wildman–Crippen MR) is 115 cm³/mol. The zero-order valence-corrected chi connectivity index (χ0v) is 17.0. The molecule has 0 spiro atoms. The Kier molecular flexibility index (Phi) is 5.05. The van der Waals surface area contributed by atoms with Gasteiger partial charge < -0.3 is 4.90 Å². The molecule has 6 heteroatoms. The van der Waals surface area contributed by atoms with Crippen molar-refractivity contribution in [1.29, 1.82) is 0 Å². The summed E-state index contributed by atoms with van der Waals surface area (Å²) in [5, 5.41) is 10.3. The molecule has 0 saturated heterocycles. The van der Waals surface area contributed by atoms with Crippen molar-refractivity contribution in [3.8, 4) is 0 Å². The molecule has 2 aromatic carbocycles. The van der Waals surface area contributed by atoms with Crippen molar-refractivity contribution in [3.05, 3.63) is 66.2 Å². The van der Waals surface area contributed by atoms with Crippen LogP contribution in [-0.4, -0.2) is 32.3 Å². The van der Waals surface area contributed by atoms with E-state index in [1.165, 1.54) is 11.8 Å². The number of pyridine rings is 1. The van der Waals surface area contributed by atoms with Gasteiger partial charge in [-0.3, -0.25) is 9.20 Å². The molecule has 2 aromatic heterocycles. The number of fused-ring (bicyclic) bond motifs is 3. The molecule has 1 amide bonds. The van der Waals surface area contributed by atoms with Crippen molar-refractivity contribution in [1.82, 2.24) is 14.6 Å². The van der Waals surface area contributed by atoms with Gasteiger partial charge in [0, 0.05) is 17.6 Å². The molecular formula is C22H22N4OS. The highest BCUT2D eigenvalue weighted by atomic mass is 32.2. The number of hydrogen-bond donors (Lipinski definition) is 0. The number of aromatic nitrogens is 3. The minimum absolute atomic E-state index is 0.0619. The third-order valence-corrected chi connectivity index (χ3v) is 5.88. The highest BCUT2D eigenvalue weighted by molar-refractivity contribution is 8.00. The van der Waals surface area contributed by atoms with Gasteiger partial charge in [0.25, 0.3) is 0 Å². The monoisotopic (exact) mass is 390 g/mol. The van der Waals surface area contributed by atoms with E-state index in [-0.39, 0.29) is 11.2 Å². The Morgan fingerprint density at radius 2 is 1.82 bits per heavy atom. The molecule has 0 aliphatic rings. The summed E-state index contributed by atoms with van der Waals surface area (Å²) >= 11 is 1.45. The molecule has 0 aliphatic heterocycles. The van der Waals surface area contributed by atoms with E-state index in [9.17, 15) is 4.79 Å². The molecular weight excluding hydrogens is 368 g/mol. The second-order valence-corrected chi connectivity index (χ2v) is 8.01. The van der Waals surface area contributed by atoms with Crippen molar-refractivity contribution >= 4 is 39.9 Å². The van der Waals surface area contributed by atoms with E-state index in [1.807, 2.05) is 71.7 Å². The zero-order valence-electron chi connectivity index (χ0n) is 16.2. The average molecular weight is 391 g/mol. The van der Waals surface area contributed by atoms with Gasteiger partial charge in [-0.25, -0.2) is 0 Å². The van der Waals surface area contributed by atoms with Crippen molar-refractivity contribution in [2.24, 2.45) is 0 Å². The lowest BCUT2D eigenvalue weighted by Gasteiger charge is -2.24. The Bertz CT molecular complexity index is 1140. The number of carbonyl (C=O) groups is 1. The van der Waals surface area contributed by atoms with E-state index in [0.717, 1.165) is 33.0 Å². The van der Waals surface area contributed by atoms with Crippen LogP contribution in [0, 0.1) is 6.92 Å². The largest absolute Gasteiger partial charge is 0.312 e. The Hall–Kier alpha value is -2.86. The molecule has 2 heterocycles. The third-order valence-electron chi connectivity index (χ3n) is 4.85. The van der Waals surface area contributed by atoms with Crippen LogP contribution in [0.4, 0.5) is 5.69 Å². The maximum absolute atomic E-state index is 13.1. The number of hydrogen-bond acceptors (Lipinski definition) is 4. The van der Waals surface area contributed by atoms with Crippen molar-refractivity contribution in [3.63, 3.8) is 0 Å². The SMILES string of the molecule is CCN(C(=O)C(C)Sc1nnc2cc(C)c3ccccc3n12)c1ccccc1. The molecule has 1 atom stereocenters. The summed E-state index contributed by atoms with van der Waals surface area (Å²) in [4.78, 5) is 14.9. The van der Waals surface area contributed by atoms with Gasteiger partial charge in [-0.15, -0.1) is 10.2 Å². The van der Waals surface area contributed by atoms with Crippen LogP contribution in [0.5, 0.6) is 0 Å². The molecule has 0 N–H and O–H groups in total. The summed E-state index contributed by atoms with van der Waals surface area (Å²) in [7, 11) is 0. The minimum Gasteiger partial charge on any atom is -0.312 e. The van der Waals surface area contributed by atoms with Gasteiger partial charge in [0.15, 0.2) is 10.8 Å². The molecule has 28 heavy (non-hydrogen) atoms. The van der Waals surface area contributed by atoms with Crippen LogP contribution >= 0.6 is 11.8 Å². The van der Waals surface area contributed by atoms with E-state index in [1.54, 1.807) is 0 Å². The van der Waals surface area contributed by atoms with Gasteiger partial charge in [0.05, 0.1) is 10.8 Å². The predicted octanol–water partition coefficient (Wildman–Crippen LogP) is 4.72. The Labute approximate surface area is 168 Å². The summed E-state index contributed by atoms with van der Waals surface area (Å²) in [6, 6.07) is 20.0. The maximum Gasteiger partial charge on any atom is 0.240 e. The van der Waals surface area contributed by atoms with E-state index in [2.05, 4.69) is 29.3 Å². The van der Waals surface area contributed by atoms with Crippen LogP contribution in [0.2, 0.25) is 0 Å². The summed E-state index contributed by atoms with van der Waals surface area (Å²) in [6.07, 6.45) is 0. The number of thioether (sulfide) groups is 1. The fourth-order valence-electron chi connectivity index (χ4n) is 3.45. The Morgan fingerprint density at radius 3 is 2.57 bits per heavy atom. The van der Waals surface area contributed by atoms with Crippen LogP contribution in [0.3, 0.4) is 0 Å². The molecule has 142 valence electrons. The number of nitrogens with zero attached hydrogens (tertiary/aromatic N) is 4. The number of carbonyl (C=O) groups excluding carboxylic acids is 1. The minimum atomic E-state index is -0.285. The molecule has 0 saturated carbocycles. The number of para-hydroxylation sites is 2. The molecule has 4 aromatic rings. The van der Waals surface area contributed by atoms with E-state index >= 15 is 0 Å². The second kappa shape index (κ2) is 7.64. The first-order valence-corrected chi connectivity index (χ1v) is 10.2. The first-order chi connectivity index (χ1) is 13.6. The van der Waals surface area contributed by atoms with Crippen LogP contribution < -0.4 is 4.90 Å². The third kappa shape index (κ3) is 3.24. The Morgan fingerprint density at radius 1 is 1.11 bits per heavy atom. The molecule has 5 nitrogen and oxygen atoms in total. The fourth-order valence-corrected chi connectivity index (χ4v) is 4.38. The molecule has 0 radical (unpaired) electrons. The number of anilines is 1. The van der Waals surface area contributed by atoms with Crippen LogP contribution in [0.1, 0.15) is 19.4 Å². The van der Waals surface area contributed by atoms with E-state index in [0.29, 0.717) is 6.54 Å². The summed E-state index contributed by atoms with van der Waals surface area (Å²) in [5.74, 6) is 0.0619. The molecule has 4 rings (SSSR count). The standard InChI is InChI=1S/C22H22N4OS/c1-4-25(17-10-6-5-7-11-17)21(27)16(3)28-22-24-23-20-14-15(2)18-12-8-9-13-19(18)26(20)22/h5-14,16H,4H2,1-3H3. The molecule has 0 aliphatic carbocycles.